The molecule has 9 heteroatoms. The number of hydrogen-bond donors (Lipinski definition) is 2. The zero-order valence-corrected chi connectivity index (χ0v) is 20.1. The van der Waals surface area contributed by atoms with Gasteiger partial charge in [0, 0.05) is 16.9 Å². The zero-order valence-electron chi connectivity index (χ0n) is 19.3. The topological polar surface area (TPSA) is 103 Å². The average molecular weight is 485 g/mol. The molecule has 0 saturated heterocycles. The van der Waals surface area contributed by atoms with Crippen molar-refractivity contribution >= 4 is 27.3 Å². The molecule has 0 aliphatic carbocycles. The number of benzene rings is 3. The van der Waals surface area contributed by atoms with Gasteiger partial charge in [-0.25, -0.2) is 8.42 Å². The van der Waals surface area contributed by atoms with Gasteiger partial charge >= 0.3 is 0 Å². The highest BCUT2D eigenvalue weighted by molar-refractivity contribution is 7.92. The third-order valence-electron chi connectivity index (χ3n) is 4.72. The second-order valence-corrected chi connectivity index (χ2v) is 8.91. The maximum Gasteiger partial charge on any atom is 0.265 e. The summed E-state index contributed by atoms with van der Waals surface area (Å²) in [5, 5.41) is 2.73. The molecule has 8 nitrogen and oxygen atoms in total. The van der Waals surface area contributed by atoms with Crippen LogP contribution < -0.4 is 24.2 Å². The molecule has 3 rings (SSSR count). The molecule has 0 unspecified atom stereocenters. The first kappa shape index (κ1) is 24.9. The molecule has 34 heavy (non-hydrogen) atoms. The number of sulfonamides is 1. The maximum atomic E-state index is 13.1. The van der Waals surface area contributed by atoms with Crippen molar-refractivity contribution in [2.45, 2.75) is 25.2 Å². The summed E-state index contributed by atoms with van der Waals surface area (Å²) in [5.41, 5.74) is 1.09. The monoisotopic (exact) mass is 484 g/mol. The van der Waals surface area contributed by atoms with Crippen molar-refractivity contribution in [2.75, 3.05) is 30.4 Å². The van der Waals surface area contributed by atoms with Crippen molar-refractivity contribution in [2.24, 2.45) is 0 Å². The van der Waals surface area contributed by atoms with Gasteiger partial charge < -0.3 is 19.5 Å². The van der Waals surface area contributed by atoms with Crippen LogP contribution in [0.15, 0.2) is 71.6 Å². The highest BCUT2D eigenvalue weighted by atomic mass is 32.2. The molecular formula is C25H28N2O6S. The first-order valence-corrected chi connectivity index (χ1v) is 12.3. The van der Waals surface area contributed by atoms with Crippen LogP contribution in [0.4, 0.5) is 11.4 Å². The lowest BCUT2D eigenvalue weighted by Gasteiger charge is -2.14. The van der Waals surface area contributed by atoms with Gasteiger partial charge in [0.15, 0.2) is 0 Å². The van der Waals surface area contributed by atoms with Crippen molar-refractivity contribution in [3.05, 3.63) is 72.3 Å². The van der Waals surface area contributed by atoms with Gasteiger partial charge in [-0.2, -0.15) is 0 Å². The molecule has 0 aromatic heterocycles. The number of anilines is 2. The molecule has 3 aromatic rings. The molecule has 0 spiro atoms. The van der Waals surface area contributed by atoms with Crippen molar-refractivity contribution < 1.29 is 27.4 Å². The fraction of sp³-hybridized carbons (Fsp3) is 0.240. The minimum absolute atomic E-state index is 0.106. The Morgan fingerprint density at radius 2 is 1.47 bits per heavy atom. The van der Waals surface area contributed by atoms with Crippen LogP contribution in [0.25, 0.3) is 0 Å². The van der Waals surface area contributed by atoms with Crippen molar-refractivity contribution in [3.8, 4) is 17.2 Å². The summed E-state index contributed by atoms with van der Waals surface area (Å²) in [4.78, 5) is 12.6. The van der Waals surface area contributed by atoms with Crippen LogP contribution in [-0.2, 0) is 10.0 Å². The van der Waals surface area contributed by atoms with Gasteiger partial charge in [0.1, 0.15) is 22.1 Å². The third-order valence-corrected chi connectivity index (χ3v) is 6.12. The van der Waals surface area contributed by atoms with E-state index >= 15 is 0 Å². The summed E-state index contributed by atoms with van der Waals surface area (Å²) in [6.45, 7) is 4.99. The van der Waals surface area contributed by atoms with Crippen LogP contribution in [0.5, 0.6) is 17.2 Å². The van der Waals surface area contributed by atoms with E-state index in [-0.39, 0.29) is 16.6 Å². The first-order chi connectivity index (χ1) is 16.4. The summed E-state index contributed by atoms with van der Waals surface area (Å²) in [6, 6.07) is 17.7. The molecule has 0 heterocycles. The second kappa shape index (κ2) is 11.4. The van der Waals surface area contributed by atoms with Crippen LogP contribution in [-0.4, -0.2) is 34.6 Å². The molecule has 0 aliphatic heterocycles. The van der Waals surface area contributed by atoms with E-state index in [1.807, 2.05) is 13.8 Å². The lowest BCUT2D eigenvalue weighted by atomic mass is 10.2. The molecular weight excluding hydrogens is 456 g/mol. The number of ether oxygens (including phenoxy) is 3. The normalized spacial score (nSPS) is 10.9. The Morgan fingerprint density at radius 1 is 0.853 bits per heavy atom. The van der Waals surface area contributed by atoms with Gasteiger partial charge in [-0.15, -0.1) is 0 Å². The molecule has 2 N–H and O–H groups in total. The number of carbonyl (C=O) groups excluding carboxylic acids is 1. The minimum Gasteiger partial charge on any atom is -0.495 e. The van der Waals surface area contributed by atoms with Crippen molar-refractivity contribution in [1.82, 2.24) is 0 Å². The summed E-state index contributed by atoms with van der Waals surface area (Å²) >= 11 is 0. The predicted octanol–water partition coefficient (Wildman–Crippen LogP) is 4.94. The number of methoxy groups -OCH3 is 1. The lowest BCUT2D eigenvalue weighted by molar-refractivity contribution is 0.102. The van der Waals surface area contributed by atoms with Gasteiger partial charge in [-0.05, 0) is 80.1 Å². The van der Waals surface area contributed by atoms with E-state index in [0.717, 1.165) is 6.42 Å². The summed E-state index contributed by atoms with van der Waals surface area (Å²) < 4.78 is 44.8. The molecule has 0 saturated carbocycles. The number of nitrogens with one attached hydrogen (secondary N) is 2. The minimum atomic E-state index is -4.00. The van der Waals surface area contributed by atoms with Gasteiger partial charge in [0.2, 0.25) is 0 Å². The summed E-state index contributed by atoms with van der Waals surface area (Å²) in [6.07, 6.45) is 0.887. The molecule has 0 aliphatic rings. The Hall–Kier alpha value is -3.72. The highest BCUT2D eigenvalue weighted by Gasteiger charge is 2.21. The number of hydrogen-bond acceptors (Lipinski definition) is 6. The van der Waals surface area contributed by atoms with Crippen LogP contribution >= 0.6 is 0 Å². The Labute approximate surface area is 199 Å². The summed E-state index contributed by atoms with van der Waals surface area (Å²) in [5.74, 6) is 1.08. The van der Waals surface area contributed by atoms with E-state index in [1.165, 1.54) is 19.2 Å². The third kappa shape index (κ3) is 6.41. The van der Waals surface area contributed by atoms with Crippen LogP contribution in [0.2, 0.25) is 0 Å². The maximum absolute atomic E-state index is 13.1. The average Bonchev–Trinajstić information content (AvgIpc) is 2.84. The first-order valence-electron chi connectivity index (χ1n) is 10.8. The van der Waals surface area contributed by atoms with Crippen molar-refractivity contribution in [3.63, 3.8) is 0 Å². The Balaban J connectivity index is 1.78. The van der Waals surface area contributed by atoms with Crippen molar-refractivity contribution in [1.29, 1.82) is 0 Å². The largest absolute Gasteiger partial charge is 0.495 e. The highest BCUT2D eigenvalue weighted by Crippen LogP contribution is 2.29. The molecule has 0 atom stereocenters. The van der Waals surface area contributed by atoms with Gasteiger partial charge in [0.05, 0.1) is 20.3 Å². The molecule has 0 radical (unpaired) electrons. The quantitative estimate of drug-likeness (QED) is 0.400. The van der Waals surface area contributed by atoms with E-state index in [4.69, 9.17) is 14.2 Å². The molecule has 3 aromatic carbocycles. The Kier molecular flexibility index (Phi) is 8.37. The molecule has 0 fully saturated rings. The van der Waals surface area contributed by atoms with E-state index in [2.05, 4.69) is 10.0 Å². The SMILES string of the molecule is CCCOc1ccc(C(=O)Nc2ccc(OC)c(S(=O)(=O)Nc3ccc(OCC)cc3)c2)cc1. The van der Waals surface area contributed by atoms with Crippen LogP contribution in [0.3, 0.4) is 0 Å². The standard InChI is InChI=1S/C25H28N2O6S/c1-4-16-33-22-11-6-18(7-12-22)25(28)26-20-10-15-23(31-3)24(17-20)34(29,30)27-19-8-13-21(14-9-19)32-5-2/h6-15,17,27H,4-5,16H2,1-3H3,(H,26,28). The van der Waals surface area contributed by atoms with Gasteiger partial charge in [0.25, 0.3) is 15.9 Å². The lowest BCUT2D eigenvalue weighted by Crippen LogP contribution is -2.16. The van der Waals surface area contributed by atoms with Crippen LogP contribution in [0, 0.1) is 0 Å². The summed E-state index contributed by atoms with van der Waals surface area (Å²) in [7, 11) is -2.62. The van der Waals surface area contributed by atoms with Gasteiger partial charge in [-0.1, -0.05) is 6.92 Å². The molecule has 0 bridgehead atoms. The Morgan fingerprint density at radius 3 is 2.09 bits per heavy atom. The number of rotatable bonds is 11. The second-order valence-electron chi connectivity index (χ2n) is 7.26. The fourth-order valence-electron chi connectivity index (χ4n) is 3.09. The van der Waals surface area contributed by atoms with E-state index in [9.17, 15) is 13.2 Å². The molecule has 1 amide bonds. The van der Waals surface area contributed by atoms with E-state index < -0.39 is 10.0 Å². The van der Waals surface area contributed by atoms with E-state index in [1.54, 1.807) is 54.6 Å². The smallest absolute Gasteiger partial charge is 0.265 e. The Bertz CT molecular complexity index is 1210. The predicted molar refractivity (Wildman–Crippen MR) is 132 cm³/mol. The van der Waals surface area contributed by atoms with Crippen LogP contribution in [0.1, 0.15) is 30.6 Å². The van der Waals surface area contributed by atoms with Gasteiger partial charge in [-0.3, -0.25) is 9.52 Å². The fourth-order valence-corrected chi connectivity index (χ4v) is 4.34. The van der Waals surface area contributed by atoms with E-state index in [0.29, 0.717) is 41.7 Å². The number of amides is 1. The number of carbonyl (C=O) groups is 1. The zero-order chi connectivity index (χ0) is 24.6. The molecule has 180 valence electrons.